The van der Waals surface area contributed by atoms with Gasteiger partial charge in [0.05, 0.1) is 15.0 Å². The van der Waals surface area contributed by atoms with Crippen LogP contribution in [0.15, 0.2) is 36.4 Å². The van der Waals surface area contributed by atoms with E-state index in [1.54, 1.807) is 24.3 Å². The first kappa shape index (κ1) is 15.3. The van der Waals surface area contributed by atoms with Gasteiger partial charge in [-0.05, 0) is 31.2 Å². The quantitative estimate of drug-likeness (QED) is 0.455. The first-order valence-electron chi connectivity index (χ1n) is 5.81. The van der Waals surface area contributed by atoms with Crippen LogP contribution in [-0.2, 0) is 0 Å². The maximum absolute atomic E-state index is 11.2. The van der Waals surface area contributed by atoms with E-state index in [0.29, 0.717) is 11.3 Å². The Balaban J connectivity index is 2.31. The number of ether oxygens (including phenoxy) is 1. The Morgan fingerprint density at radius 2 is 1.67 bits per heavy atom. The van der Waals surface area contributed by atoms with Crippen LogP contribution in [0.25, 0.3) is 0 Å². The van der Waals surface area contributed by atoms with E-state index in [2.05, 4.69) is 0 Å². The molecule has 0 unspecified atom stereocenters. The van der Waals surface area contributed by atoms with Gasteiger partial charge in [0, 0.05) is 17.7 Å². The van der Waals surface area contributed by atoms with Gasteiger partial charge in [0.1, 0.15) is 5.75 Å². The molecule has 0 saturated heterocycles. The number of carbonyl (C=O) groups excluding carboxylic acids is 1. The predicted molar refractivity (Wildman–Crippen MR) is 79.6 cm³/mol. The molecular formula is C14H9Cl2NO4. The van der Waals surface area contributed by atoms with Gasteiger partial charge >= 0.3 is 0 Å². The summed E-state index contributed by atoms with van der Waals surface area (Å²) in [4.78, 5) is 21.3. The summed E-state index contributed by atoms with van der Waals surface area (Å²) in [5.74, 6) is 0.477. The fourth-order valence-corrected chi connectivity index (χ4v) is 2.18. The van der Waals surface area contributed by atoms with Crippen LogP contribution in [0, 0.1) is 10.1 Å². The molecule has 5 nitrogen and oxygen atoms in total. The average molecular weight is 326 g/mol. The smallest absolute Gasteiger partial charge is 0.272 e. The molecule has 0 fully saturated rings. The van der Waals surface area contributed by atoms with Crippen molar-refractivity contribution in [1.29, 1.82) is 0 Å². The van der Waals surface area contributed by atoms with E-state index in [9.17, 15) is 14.9 Å². The summed E-state index contributed by atoms with van der Waals surface area (Å²) < 4.78 is 5.51. The Morgan fingerprint density at radius 3 is 2.10 bits per heavy atom. The van der Waals surface area contributed by atoms with Crippen LogP contribution in [0.5, 0.6) is 11.5 Å². The van der Waals surface area contributed by atoms with Gasteiger partial charge in [-0.2, -0.15) is 0 Å². The topological polar surface area (TPSA) is 69.4 Å². The summed E-state index contributed by atoms with van der Waals surface area (Å²) in [6.45, 7) is 1.46. The Kier molecular flexibility index (Phi) is 4.45. The number of nitro groups is 1. The van der Waals surface area contributed by atoms with E-state index in [-0.39, 0.29) is 27.3 Å². The predicted octanol–water partition coefficient (Wildman–Crippen LogP) is 4.90. The number of carbonyl (C=O) groups is 1. The monoisotopic (exact) mass is 325 g/mol. The molecule has 0 aliphatic carbocycles. The number of halogens is 2. The summed E-state index contributed by atoms with van der Waals surface area (Å²) >= 11 is 11.9. The number of rotatable bonds is 4. The van der Waals surface area contributed by atoms with Gasteiger partial charge in [0.25, 0.3) is 5.69 Å². The highest BCUT2D eigenvalue weighted by atomic mass is 35.5. The normalized spacial score (nSPS) is 10.2. The van der Waals surface area contributed by atoms with Crippen molar-refractivity contribution in [3.63, 3.8) is 0 Å². The highest BCUT2D eigenvalue weighted by molar-refractivity contribution is 6.37. The number of Topliss-reactive ketones (excluding diaryl/α,β-unsaturated/α-hetero) is 1. The molecule has 7 heteroatoms. The van der Waals surface area contributed by atoms with Crippen LogP contribution in [0.4, 0.5) is 5.69 Å². The second-order valence-corrected chi connectivity index (χ2v) is 4.99. The second-order valence-electron chi connectivity index (χ2n) is 4.18. The maximum atomic E-state index is 11.2. The molecule has 0 atom stereocenters. The molecule has 0 radical (unpaired) electrons. The van der Waals surface area contributed by atoms with E-state index in [4.69, 9.17) is 27.9 Å². The third-order valence-corrected chi connectivity index (χ3v) is 3.24. The molecule has 0 bridgehead atoms. The number of hydrogen-bond donors (Lipinski definition) is 0. The molecule has 21 heavy (non-hydrogen) atoms. The van der Waals surface area contributed by atoms with Gasteiger partial charge < -0.3 is 4.74 Å². The minimum Gasteiger partial charge on any atom is -0.454 e. The van der Waals surface area contributed by atoms with Crippen LogP contribution < -0.4 is 4.74 Å². The number of ketones is 1. The van der Waals surface area contributed by atoms with E-state index in [0.717, 1.165) is 12.1 Å². The molecular weight excluding hydrogens is 317 g/mol. The van der Waals surface area contributed by atoms with E-state index in [1.807, 2.05) is 0 Å². The Bertz CT molecular complexity index is 690. The fraction of sp³-hybridized carbons (Fsp3) is 0.0714. The van der Waals surface area contributed by atoms with Crippen molar-refractivity contribution in [2.24, 2.45) is 0 Å². The van der Waals surface area contributed by atoms with Crippen molar-refractivity contribution in [3.8, 4) is 11.5 Å². The first-order valence-corrected chi connectivity index (χ1v) is 6.56. The summed E-state index contributed by atoms with van der Waals surface area (Å²) in [7, 11) is 0. The minimum absolute atomic E-state index is 0.0323. The van der Waals surface area contributed by atoms with Crippen LogP contribution in [0.2, 0.25) is 10.0 Å². The zero-order valence-corrected chi connectivity index (χ0v) is 12.3. The van der Waals surface area contributed by atoms with Gasteiger partial charge in [0.15, 0.2) is 11.5 Å². The molecule has 0 aliphatic rings. The largest absolute Gasteiger partial charge is 0.454 e. The van der Waals surface area contributed by atoms with E-state index >= 15 is 0 Å². The molecule has 0 aromatic heterocycles. The Morgan fingerprint density at radius 1 is 1.14 bits per heavy atom. The number of non-ortho nitro benzene ring substituents is 1. The maximum Gasteiger partial charge on any atom is 0.272 e. The van der Waals surface area contributed by atoms with Gasteiger partial charge in [-0.3, -0.25) is 14.9 Å². The third-order valence-electron chi connectivity index (χ3n) is 2.67. The molecule has 0 aliphatic heterocycles. The highest BCUT2D eigenvalue weighted by Gasteiger charge is 2.16. The lowest BCUT2D eigenvalue weighted by molar-refractivity contribution is -0.384. The highest BCUT2D eigenvalue weighted by Crippen LogP contribution is 2.39. The molecule has 0 N–H and O–H groups in total. The number of nitro benzene ring substituents is 1. The number of benzene rings is 2. The van der Waals surface area contributed by atoms with Crippen molar-refractivity contribution in [2.75, 3.05) is 0 Å². The molecule has 0 saturated carbocycles. The lowest BCUT2D eigenvalue weighted by Gasteiger charge is -2.09. The van der Waals surface area contributed by atoms with Gasteiger partial charge in [0.2, 0.25) is 0 Å². The van der Waals surface area contributed by atoms with Crippen LogP contribution in [-0.4, -0.2) is 10.7 Å². The molecule has 2 rings (SSSR count). The Hall–Kier alpha value is -2.11. The number of hydrogen-bond acceptors (Lipinski definition) is 4. The van der Waals surface area contributed by atoms with Crippen molar-refractivity contribution in [3.05, 3.63) is 62.1 Å². The van der Waals surface area contributed by atoms with Crippen LogP contribution >= 0.6 is 23.2 Å². The SMILES string of the molecule is CC(=O)c1ccc(Oc2c(Cl)cc([N+](=O)[O-])cc2Cl)cc1. The summed E-state index contributed by atoms with van der Waals surface area (Å²) in [6.07, 6.45) is 0. The first-order chi connectivity index (χ1) is 9.88. The fourth-order valence-electron chi connectivity index (χ4n) is 1.62. The molecule has 108 valence electrons. The summed E-state index contributed by atoms with van der Waals surface area (Å²) in [5, 5.41) is 10.8. The minimum atomic E-state index is -0.594. The molecule has 0 spiro atoms. The van der Waals surface area contributed by atoms with E-state index < -0.39 is 4.92 Å². The van der Waals surface area contributed by atoms with Crippen molar-refractivity contribution < 1.29 is 14.5 Å². The molecule has 2 aromatic carbocycles. The zero-order chi connectivity index (χ0) is 15.6. The molecule has 2 aromatic rings. The van der Waals surface area contributed by atoms with Crippen LogP contribution in [0.3, 0.4) is 0 Å². The Labute approximate surface area is 130 Å². The third kappa shape index (κ3) is 3.51. The number of nitrogens with zero attached hydrogens (tertiary/aromatic N) is 1. The molecule has 0 heterocycles. The second kappa shape index (κ2) is 6.11. The molecule has 0 amide bonds. The van der Waals surface area contributed by atoms with Crippen molar-refractivity contribution >= 4 is 34.7 Å². The van der Waals surface area contributed by atoms with Gasteiger partial charge in [-0.1, -0.05) is 23.2 Å². The van der Waals surface area contributed by atoms with Crippen LogP contribution in [0.1, 0.15) is 17.3 Å². The van der Waals surface area contributed by atoms with Crippen molar-refractivity contribution in [1.82, 2.24) is 0 Å². The average Bonchev–Trinajstić information content (AvgIpc) is 2.43. The summed E-state index contributed by atoms with van der Waals surface area (Å²) in [6, 6.07) is 8.70. The lowest BCUT2D eigenvalue weighted by Crippen LogP contribution is -1.93. The lowest BCUT2D eigenvalue weighted by atomic mass is 10.1. The van der Waals surface area contributed by atoms with E-state index in [1.165, 1.54) is 6.92 Å². The van der Waals surface area contributed by atoms with Gasteiger partial charge in [-0.15, -0.1) is 0 Å². The standard InChI is InChI=1S/C14H9Cl2NO4/c1-8(18)9-2-4-11(5-3-9)21-14-12(15)6-10(17(19)20)7-13(14)16/h2-7H,1H3. The summed E-state index contributed by atoms with van der Waals surface area (Å²) in [5.41, 5.74) is 0.326. The van der Waals surface area contributed by atoms with Crippen molar-refractivity contribution in [2.45, 2.75) is 6.92 Å². The zero-order valence-electron chi connectivity index (χ0n) is 10.8. The van der Waals surface area contributed by atoms with Gasteiger partial charge in [-0.25, -0.2) is 0 Å².